The second-order valence-electron chi connectivity index (χ2n) is 4.27. The lowest BCUT2D eigenvalue weighted by atomic mass is 10.0. The van der Waals surface area contributed by atoms with Crippen LogP contribution < -0.4 is 0 Å². The van der Waals surface area contributed by atoms with Gasteiger partial charge in [0.25, 0.3) is 0 Å². The minimum atomic E-state index is 0.130. The van der Waals surface area contributed by atoms with Gasteiger partial charge in [0, 0.05) is 32.5 Å². The van der Waals surface area contributed by atoms with E-state index in [2.05, 4.69) is 11.1 Å². The predicted octanol–water partition coefficient (Wildman–Crippen LogP) is 1.21. The Bertz CT molecular complexity index is 455. The zero-order chi connectivity index (χ0) is 11.1. The molecular weight excluding hydrogens is 202 g/mol. The molecule has 1 fully saturated rings. The molecule has 4 nitrogen and oxygen atoms in total. The molecule has 82 valence electrons. The number of rotatable bonds is 1. The van der Waals surface area contributed by atoms with Crippen LogP contribution >= 0.6 is 0 Å². The molecule has 4 heteroatoms. The van der Waals surface area contributed by atoms with Crippen LogP contribution in [0.3, 0.4) is 0 Å². The zero-order valence-electron chi connectivity index (χ0n) is 9.13. The Balaban J connectivity index is 1.96. The number of fused-ring (bicyclic) bond motifs is 2. The Labute approximate surface area is 94.2 Å². The van der Waals surface area contributed by atoms with Gasteiger partial charge in [-0.25, -0.2) is 4.79 Å². The first-order valence-corrected chi connectivity index (χ1v) is 5.38. The van der Waals surface area contributed by atoms with E-state index in [0.29, 0.717) is 6.54 Å². The SMILES string of the molecule is CN1C(=O)N2CC(c3ccncc3)=CC1C2. The Kier molecular flexibility index (Phi) is 1.96. The van der Waals surface area contributed by atoms with Crippen molar-refractivity contribution in [2.75, 3.05) is 20.1 Å². The summed E-state index contributed by atoms with van der Waals surface area (Å²) < 4.78 is 0. The molecule has 0 saturated carbocycles. The number of aromatic nitrogens is 1. The summed E-state index contributed by atoms with van der Waals surface area (Å²) in [6.45, 7) is 1.54. The van der Waals surface area contributed by atoms with E-state index in [1.165, 1.54) is 5.57 Å². The van der Waals surface area contributed by atoms with Crippen molar-refractivity contribution in [1.82, 2.24) is 14.8 Å². The summed E-state index contributed by atoms with van der Waals surface area (Å²) in [4.78, 5) is 19.5. The number of likely N-dealkylation sites (N-methyl/N-ethyl adjacent to an activating group) is 1. The van der Waals surface area contributed by atoms with Gasteiger partial charge < -0.3 is 9.80 Å². The average molecular weight is 215 g/mol. The van der Waals surface area contributed by atoms with Gasteiger partial charge in [0.1, 0.15) is 0 Å². The number of hydrogen-bond donors (Lipinski definition) is 0. The average Bonchev–Trinajstić information content (AvgIpc) is 2.54. The van der Waals surface area contributed by atoms with Crippen molar-refractivity contribution >= 4 is 11.6 Å². The third kappa shape index (κ3) is 1.30. The predicted molar refractivity (Wildman–Crippen MR) is 60.7 cm³/mol. The molecule has 1 aromatic heterocycles. The summed E-state index contributed by atoms with van der Waals surface area (Å²) in [6, 6.07) is 4.33. The van der Waals surface area contributed by atoms with Crippen LogP contribution in [0.1, 0.15) is 5.56 Å². The molecule has 3 heterocycles. The van der Waals surface area contributed by atoms with Crippen LogP contribution in [0.2, 0.25) is 0 Å². The topological polar surface area (TPSA) is 36.4 Å². The molecule has 2 aliphatic heterocycles. The van der Waals surface area contributed by atoms with E-state index in [4.69, 9.17) is 0 Å². The number of hydrogen-bond acceptors (Lipinski definition) is 2. The molecule has 2 amide bonds. The normalized spacial score (nSPS) is 23.7. The maximum atomic E-state index is 11.8. The number of amides is 2. The molecule has 1 saturated heterocycles. The summed E-state index contributed by atoms with van der Waals surface area (Å²) in [5.41, 5.74) is 2.38. The first kappa shape index (κ1) is 9.39. The van der Waals surface area contributed by atoms with Gasteiger partial charge in [-0.2, -0.15) is 0 Å². The number of nitrogens with zero attached hydrogens (tertiary/aromatic N) is 3. The molecule has 1 aromatic rings. The van der Waals surface area contributed by atoms with Gasteiger partial charge in [-0.05, 0) is 23.3 Å². The molecule has 0 aromatic carbocycles. The molecule has 0 aliphatic carbocycles. The van der Waals surface area contributed by atoms with E-state index >= 15 is 0 Å². The smallest absolute Gasteiger partial charge is 0.319 e. The molecule has 0 radical (unpaired) electrons. The molecule has 16 heavy (non-hydrogen) atoms. The van der Waals surface area contributed by atoms with E-state index in [1.807, 2.05) is 24.1 Å². The van der Waals surface area contributed by atoms with E-state index in [1.54, 1.807) is 17.3 Å². The Morgan fingerprint density at radius 2 is 2.12 bits per heavy atom. The second kappa shape index (κ2) is 3.33. The summed E-state index contributed by atoms with van der Waals surface area (Å²) in [7, 11) is 1.86. The van der Waals surface area contributed by atoms with Gasteiger partial charge in [0.2, 0.25) is 0 Å². The van der Waals surface area contributed by atoms with Gasteiger partial charge in [-0.15, -0.1) is 0 Å². The summed E-state index contributed by atoms with van der Waals surface area (Å²) >= 11 is 0. The third-order valence-corrected chi connectivity index (χ3v) is 3.28. The quantitative estimate of drug-likeness (QED) is 0.706. The summed E-state index contributed by atoms with van der Waals surface area (Å²) in [6.07, 6.45) is 5.76. The molecule has 2 aliphatic rings. The van der Waals surface area contributed by atoms with Crippen LogP contribution in [0.5, 0.6) is 0 Å². The largest absolute Gasteiger partial charge is 0.320 e. The molecule has 3 rings (SSSR count). The van der Waals surface area contributed by atoms with Crippen LogP contribution in [0.25, 0.3) is 5.57 Å². The van der Waals surface area contributed by atoms with E-state index in [9.17, 15) is 4.79 Å². The summed E-state index contributed by atoms with van der Waals surface area (Å²) in [5.74, 6) is 0. The Morgan fingerprint density at radius 3 is 2.81 bits per heavy atom. The molecule has 0 spiro atoms. The van der Waals surface area contributed by atoms with Crippen molar-refractivity contribution in [2.24, 2.45) is 0 Å². The molecule has 2 bridgehead atoms. The molecule has 1 atom stereocenters. The van der Waals surface area contributed by atoms with Gasteiger partial charge in [0.05, 0.1) is 6.04 Å². The lowest BCUT2D eigenvalue weighted by Gasteiger charge is -2.21. The fraction of sp³-hybridized carbons (Fsp3) is 0.333. The van der Waals surface area contributed by atoms with Crippen LogP contribution in [-0.4, -0.2) is 47.0 Å². The van der Waals surface area contributed by atoms with E-state index in [0.717, 1.165) is 12.1 Å². The third-order valence-electron chi connectivity index (χ3n) is 3.28. The zero-order valence-corrected chi connectivity index (χ0v) is 9.13. The highest BCUT2D eigenvalue weighted by Gasteiger charge is 2.37. The first-order valence-electron chi connectivity index (χ1n) is 5.38. The van der Waals surface area contributed by atoms with Crippen molar-refractivity contribution in [3.63, 3.8) is 0 Å². The fourth-order valence-corrected chi connectivity index (χ4v) is 2.33. The number of urea groups is 1. The monoisotopic (exact) mass is 215 g/mol. The Hall–Kier alpha value is -1.84. The minimum absolute atomic E-state index is 0.130. The highest BCUT2D eigenvalue weighted by Crippen LogP contribution is 2.27. The minimum Gasteiger partial charge on any atom is -0.319 e. The summed E-state index contributed by atoms with van der Waals surface area (Å²) in [5, 5.41) is 0. The molecular formula is C12H13N3O. The number of carbonyl (C=O) groups excluding carboxylic acids is 1. The fourth-order valence-electron chi connectivity index (χ4n) is 2.33. The van der Waals surface area contributed by atoms with E-state index < -0.39 is 0 Å². The standard InChI is InChI=1S/C12H13N3O/c1-14-11-6-10(7-15(8-11)12(14)16)9-2-4-13-5-3-9/h2-6,11H,7-8H2,1H3. The van der Waals surface area contributed by atoms with Crippen molar-refractivity contribution in [1.29, 1.82) is 0 Å². The highest BCUT2D eigenvalue weighted by atomic mass is 16.2. The molecule has 0 N–H and O–H groups in total. The lowest BCUT2D eigenvalue weighted by molar-refractivity contribution is 0.202. The van der Waals surface area contributed by atoms with Crippen LogP contribution in [0.4, 0.5) is 4.79 Å². The van der Waals surface area contributed by atoms with Crippen LogP contribution in [0.15, 0.2) is 30.6 Å². The highest BCUT2D eigenvalue weighted by molar-refractivity contribution is 5.83. The maximum absolute atomic E-state index is 11.8. The van der Waals surface area contributed by atoms with Gasteiger partial charge in [0.15, 0.2) is 0 Å². The lowest BCUT2D eigenvalue weighted by Crippen LogP contribution is -2.30. The number of carbonyl (C=O) groups is 1. The van der Waals surface area contributed by atoms with Crippen molar-refractivity contribution < 1.29 is 4.79 Å². The van der Waals surface area contributed by atoms with Crippen molar-refractivity contribution in [3.8, 4) is 0 Å². The van der Waals surface area contributed by atoms with Gasteiger partial charge in [-0.3, -0.25) is 4.98 Å². The Morgan fingerprint density at radius 1 is 1.38 bits per heavy atom. The maximum Gasteiger partial charge on any atom is 0.320 e. The molecule has 1 unspecified atom stereocenters. The van der Waals surface area contributed by atoms with Crippen LogP contribution in [-0.2, 0) is 0 Å². The van der Waals surface area contributed by atoms with Gasteiger partial charge >= 0.3 is 6.03 Å². The van der Waals surface area contributed by atoms with E-state index in [-0.39, 0.29) is 12.1 Å². The first-order chi connectivity index (χ1) is 7.75. The number of pyridine rings is 1. The van der Waals surface area contributed by atoms with Gasteiger partial charge in [-0.1, -0.05) is 6.08 Å². The van der Waals surface area contributed by atoms with Crippen LogP contribution in [0, 0.1) is 0 Å². The second-order valence-corrected chi connectivity index (χ2v) is 4.27. The van der Waals surface area contributed by atoms with Crippen molar-refractivity contribution in [2.45, 2.75) is 6.04 Å². The van der Waals surface area contributed by atoms with Crippen molar-refractivity contribution in [3.05, 3.63) is 36.2 Å².